The lowest BCUT2D eigenvalue weighted by molar-refractivity contribution is -0.128. The lowest BCUT2D eigenvalue weighted by atomic mass is 9.86. The van der Waals surface area contributed by atoms with Gasteiger partial charge in [-0.3, -0.25) is 14.5 Å². The molecule has 208 valence electrons. The standard InChI is InChI=1S/C29H37N5O4S/c1-2-23(35)33-15-7-8-18(17-33)31-27(36)26-25-24-22(13-14-30-28(24)39-26)34(29(37)32-25)19-9-6-12-21(16-19)38-20-10-4-3-5-11-20/h2,6,9,12,16,18,20,22,24,28,30H,1,3-5,7-8,10-11,13-15,17H2,(H,31,36)(H,32,37)/t18-,22?,24?,28?/m1/s1. The van der Waals surface area contributed by atoms with Crippen LogP contribution in [0.5, 0.6) is 5.75 Å². The van der Waals surface area contributed by atoms with E-state index in [2.05, 4.69) is 22.5 Å². The van der Waals surface area contributed by atoms with E-state index in [-0.39, 0.29) is 47.3 Å². The van der Waals surface area contributed by atoms with Crippen LogP contribution in [0, 0.1) is 5.92 Å². The molecule has 3 saturated heterocycles. The van der Waals surface area contributed by atoms with Crippen molar-refractivity contribution in [3.63, 3.8) is 0 Å². The molecule has 39 heavy (non-hydrogen) atoms. The van der Waals surface area contributed by atoms with Crippen LogP contribution in [0.15, 0.2) is 47.5 Å². The number of urea groups is 1. The molecule has 3 unspecified atom stereocenters. The third kappa shape index (κ3) is 5.28. The van der Waals surface area contributed by atoms with E-state index in [1.165, 1.54) is 37.1 Å². The van der Waals surface area contributed by atoms with Gasteiger partial charge in [-0.15, -0.1) is 0 Å². The van der Waals surface area contributed by atoms with Gasteiger partial charge in [-0.05, 0) is 69.7 Å². The number of carbonyl (C=O) groups excluding carboxylic acids is 3. The lowest BCUT2D eigenvalue weighted by Gasteiger charge is -2.45. The van der Waals surface area contributed by atoms with Crippen LogP contribution < -0.4 is 25.6 Å². The number of nitrogens with zero attached hydrogens (tertiary/aromatic N) is 2. The van der Waals surface area contributed by atoms with Crippen molar-refractivity contribution in [3.8, 4) is 5.75 Å². The number of nitrogens with one attached hydrogen (secondary N) is 3. The van der Waals surface area contributed by atoms with Gasteiger partial charge in [-0.1, -0.05) is 30.8 Å². The molecule has 1 aromatic rings. The Morgan fingerprint density at radius 2 is 1.97 bits per heavy atom. The fraction of sp³-hybridized carbons (Fsp3) is 0.552. The Hall–Kier alpha value is -2.98. The molecule has 0 spiro atoms. The maximum Gasteiger partial charge on any atom is 0.326 e. The zero-order chi connectivity index (χ0) is 26.9. The van der Waals surface area contributed by atoms with Crippen LogP contribution in [-0.2, 0) is 9.59 Å². The summed E-state index contributed by atoms with van der Waals surface area (Å²) < 4.78 is 6.30. The van der Waals surface area contributed by atoms with Crippen LogP contribution in [0.1, 0.15) is 51.4 Å². The third-order valence-electron chi connectivity index (χ3n) is 8.54. The van der Waals surface area contributed by atoms with Crippen molar-refractivity contribution in [2.75, 3.05) is 24.5 Å². The van der Waals surface area contributed by atoms with Crippen LogP contribution in [0.3, 0.4) is 0 Å². The molecule has 6 rings (SSSR count). The van der Waals surface area contributed by atoms with Crippen LogP contribution in [0.4, 0.5) is 10.5 Å². The van der Waals surface area contributed by atoms with Gasteiger partial charge in [0.2, 0.25) is 5.91 Å². The number of hydrogen-bond acceptors (Lipinski definition) is 6. The zero-order valence-corrected chi connectivity index (χ0v) is 23.0. The lowest BCUT2D eigenvalue weighted by Crippen LogP contribution is -2.62. The molecule has 0 bridgehead atoms. The summed E-state index contributed by atoms with van der Waals surface area (Å²) in [6, 6.07) is 7.48. The normalized spacial score (nSPS) is 29.0. The number of anilines is 1. The Balaban J connectivity index is 1.20. The van der Waals surface area contributed by atoms with E-state index < -0.39 is 0 Å². The predicted molar refractivity (Wildman–Crippen MR) is 151 cm³/mol. The first-order chi connectivity index (χ1) is 19.0. The maximum atomic E-state index is 13.6. The molecular formula is C29H37N5O4S. The molecule has 10 heteroatoms. The SMILES string of the molecule is C=CC(=O)N1CCC[C@@H](NC(=O)C2=C3NC(=O)N(c4cccc(OC5CCCCC5)c4)C4CCNC(S2)C34)C1. The van der Waals surface area contributed by atoms with Crippen molar-refractivity contribution < 1.29 is 19.1 Å². The highest BCUT2D eigenvalue weighted by Gasteiger charge is 2.51. The summed E-state index contributed by atoms with van der Waals surface area (Å²) in [6.07, 6.45) is 9.81. The van der Waals surface area contributed by atoms with Gasteiger partial charge in [-0.25, -0.2) is 4.79 Å². The summed E-state index contributed by atoms with van der Waals surface area (Å²) in [5, 5.41) is 9.78. The average molecular weight is 552 g/mol. The third-order valence-corrected chi connectivity index (χ3v) is 9.90. The van der Waals surface area contributed by atoms with Gasteiger partial charge in [0.25, 0.3) is 5.91 Å². The minimum atomic E-state index is -0.213. The fourth-order valence-corrected chi connectivity index (χ4v) is 8.08. The quantitative estimate of drug-likeness (QED) is 0.468. The van der Waals surface area contributed by atoms with Crippen molar-refractivity contribution in [1.29, 1.82) is 0 Å². The van der Waals surface area contributed by atoms with Crippen molar-refractivity contribution in [1.82, 2.24) is 20.9 Å². The van der Waals surface area contributed by atoms with Crippen molar-refractivity contribution >= 4 is 35.3 Å². The van der Waals surface area contributed by atoms with Crippen molar-refractivity contribution in [3.05, 3.63) is 47.5 Å². The largest absolute Gasteiger partial charge is 0.490 e. The van der Waals surface area contributed by atoms with E-state index in [0.717, 1.165) is 50.1 Å². The highest BCUT2D eigenvalue weighted by molar-refractivity contribution is 8.04. The average Bonchev–Trinajstić information content (AvgIpc) is 3.33. The first kappa shape index (κ1) is 26.3. The highest BCUT2D eigenvalue weighted by Crippen LogP contribution is 2.48. The molecule has 4 heterocycles. The molecule has 1 aliphatic carbocycles. The smallest absolute Gasteiger partial charge is 0.326 e. The maximum absolute atomic E-state index is 13.6. The first-order valence-corrected chi connectivity index (χ1v) is 15.1. The van der Waals surface area contributed by atoms with Gasteiger partial charge in [0.1, 0.15) is 5.75 Å². The second kappa shape index (κ2) is 11.3. The zero-order valence-electron chi connectivity index (χ0n) is 22.2. The van der Waals surface area contributed by atoms with E-state index in [4.69, 9.17) is 4.74 Å². The van der Waals surface area contributed by atoms with E-state index in [9.17, 15) is 14.4 Å². The number of carbonyl (C=O) groups is 3. The molecule has 3 N–H and O–H groups in total. The number of ether oxygens (including phenoxy) is 1. The number of thioether (sulfide) groups is 1. The molecule has 4 amide bonds. The number of amides is 4. The molecule has 1 aromatic carbocycles. The summed E-state index contributed by atoms with van der Waals surface area (Å²) in [5.41, 5.74) is 1.54. The predicted octanol–water partition coefficient (Wildman–Crippen LogP) is 3.48. The van der Waals surface area contributed by atoms with E-state index >= 15 is 0 Å². The Bertz CT molecular complexity index is 1180. The second-order valence-corrected chi connectivity index (χ2v) is 12.2. The number of hydrogen-bond donors (Lipinski definition) is 3. The Morgan fingerprint density at radius 3 is 2.79 bits per heavy atom. The number of rotatable bonds is 6. The summed E-state index contributed by atoms with van der Waals surface area (Å²) in [6.45, 7) is 5.49. The van der Waals surface area contributed by atoms with Gasteiger partial charge in [-0.2, -0.15) is 0 Å². The van der Waals surface area contributed by atoms with Gasteiger partial charge < -0.3 is 25.6 Å². The summed E-state index contributed by atoms with van der Waals surface area (Å²) in [5.74, 6) is 0.489. The minimum Gasteiger partial charge on any atom is -0.490 e. The molecule has 1 saturated carbocycles. The molecule has 4 aliphatic heterocycles. The van der Waals surface area contributed by atoms with E-state index in [1.54, 1.807) is 4.90 Å². The number of likely N-dealkylation sites (tertiary alicyclic amines) is 1. The fourth-order valence-electron chi connectivity index (χ4n) is 6.68. The first-order valence-electron chi connectivity index (χ1n) is 14.2. The highest BCUT2D eigenvalue weighted by atomic mass is 32.2. The summed E-state index contributed by atoms with van der Waals surface area (Å²) in [7, 11) is 0. The molecule has 4 fully saturated rings. The Labute approximate surface area is 233 Å². The molecule has 0 aromatic heterocycles. The molecule has 4 atom stereocenters. The molecule has 9 nitrogen and oxygen atoms in total. The molecule has 0 radical (unpaired) electrons. The van der Waals surface area contributed by atoms with Gasteiger partial charge >= 0.3 is 6.03 Å². The summed E-state index contributed by atoms with van der Waals surface area (Å²) in [4.78, 5) is 43.3. The molecule has 5 aliphatic rings. The van der Waals surface area contributed by atoms with Crippen LogP contribution in [0.2, 0.25) is 0 Å². The van der Waals surface area contributed by atoms with Crippen LogP contribution in [0.25, 0.3) is 0 Å². The van der Waals surface area contributed by atoms with Crippen LogP contribution >= 0.6 is 11.8 Å². The van der Waals surface area contributed by atoms with Gasteiger partial charge in [0, 0.05) is 42.5 Å². The van der Waals surface area contributed by atoms with Crippen molar-refractivity contribution in [2.24, 2.45) is 5.92 Å². The van der Waals surface area contributed by atoms with Crippen LogP contribution in [-0.4, -0.2) is 65.9 Å². The Morgan fingerprint density at radius 1 is 1.13 bits per heavy atom. The monoisotopic (exact) mass is 551 g/mol. The van der Waals surface area contributed by atoms with E-state index in [0.29, 0.717) is 23.7 Å². The van der Waals surface area contributed by atoms with Gasteiger partial charge in [0.05, 0.1) is 22.4 Å². The van der Waals surface area contributed by atoms with Gasteiger partial charge in [0.15, 0.2) is 0 Å². The molecular weight excluding hydrogens is 514 g/mol. The topological polar surface area (TPSA) is 103 Å². The Kier molecular flexibility index (Phi) is 7.57. The number of piperidine rings is 2. The number of benzene rings is 1. The minimum absolute atomic E-state index is 0.00877. The van der Waals surface area contributed by atoms with Crippen molar-refractivity contribution in [2.45, 2.75) is 74.9 Å². The second-order valence-electron chi connectivity index (χ2n) is 11.1. The summed E-state index contributed by atoms with van der Waals surface area (Å²) >= 11 is 1.50. The van der Waals surface area contributed by atoms with E-state index in [1.807, 2.05) is 29.2 Å².